The number of aromatic nitrogens is 1. The molecule has 2 N–H and O–H groups in total. The highest BCUT2D eigenvalue weighted by atomic mass is 15.2. The lowest BCUT2D eigenvalue weighted by atomic mass is 9.88. The van der Waals surface area contributed by atoms with E-state index in [1.165, 1.54) is 17.7 Å². The summed E-state index contributed by atoms with van der Waals surface area (Å²) in [6.07, 6.45) is 1.76. The molecule has 2 aliphatic rings. The standard InChI is InChI=1S/C20H26N4/c1-14-6-3-4-8-17(14)19-18-13-24(12-16(18)10-23(19)2)11-15-7-5-9-22-20(15)21/h3-9,16,18-19H,10-13H2,1-2H3,(H2,21,22)/t16-,18+,19+/m0/s1. The van der Waals surface area contributed by atoms with E-state index in [0.717, 1.165) is 31.1 Å². The average molecular weight is 322 g/mol. The van der Waals surface area contributed by atoms with Gasteiger partial charge in [0.15, 0.2) is 0 Å². The molecule has 3 heterocycles. The van der Waals surface area contributed by atoms with Gasteiger partial charge in [-0.3, -0.25) is 9.80 Å². The van der Waals surface area contributed by atoms with Crippen molar-refractivity contribution in [3.05, 3.63) is 59.3 Å². The number of likely N-dealkylation sites (tertiary alicyclic amines) is 2. The Balaban J connectivity index is 1.53. The molecule has 126 valence electrons. The number of hydrogen-bond acceptors (Lipinski definition) is 4. The van der Waals surface area contributed by atoms with Crippen LogP contribution in [0.2, 0.25) is 0 Å². The maximum Gasteiger partial charge on any atom is 0.127 e. The van der Waals surface area contributed by atoms with Gasteiger partial charge >= 0.3 is 0 Å². The molecule has 4 heteroatoms. The summed E-state index contributed by atoms with van der Waals surface area (Å²) in [4.78, 5) is 9.33. The summed E-state index contributed by atoms with van der Waals surface area (Å²) in [5, 5.41) is 0. The third kappa shape index (κ3) is 2.70. The Morgan fingerprint density at radius 1 is 1.12 bits per heavy atom. The Kier molecular flexibility index (Phi) is 4.02. The summed E-state index contributed by atoms with van der Waals surface area (Å²) >= 11 is 0. The van der Waals surface area contributed by atoms with Gasteiger partial charge in [0.05, 0.1) is 0 Å². The van der Waals surface area contributed by atoms with Crippen LogP contribution < -0.4 is 5.73 Å². The molecule has 4 nitrogen and oxygen atoms in total. The molecule has 0 saturated carbocycles. The molecule has 0 radical (unpaired) electrons. The van der Waals surface area contributed by atoms with Crippen molar-refractivity contribution in [3.63, 3.8) is 0 Å². The van der Waals surface area contributed by atoms with E-state index in [1.54, 1.807) is 6.20 Å². The van der Waals surface area contributed by atoms with Crippen molar-refractivity contribution in [2.24, 2.45) is 11.8 Å². The lowest BCUT2D eigenvalue weighted by molar-refractivity contribution is 0.224. The number of aryl methyl sites for hydroxylation is 1. The van der Waals surface area contributed by atoms with Crippen molar-refractivity contribution >= 4 is 5.82 Å². The van der Waals surface area contributed by atoms with Gasteiger partial charge in [0.25, 0.3) is 0 Å². The van der Waals surface area contributed by atoms with Gasteiger partial charge in [0, 0.05) is 44.0 Å². The van der Waals surface area contributed by atoms with Gasteiger partial charge in [0.2, 0.25) is 0 Å². The first-order chi connectivity index (χ1) is 11.6. The van der Waals surface area contributed by atoms with E-state index < -0.39 is 0 Å². The van der Waals surface area contributed by atoms with Crippen LogP contribution in [0.25, 0.3) is 0 Å². The fourth-order valence-corrected chi connectivity index (χ4v) is 4.69. The van der Waals surface area contributed by atoms with E-state index >= 15 is 0 Å². The number of nitrogens with zero attached hydrogens (tertiary/aromatic N) is 3. The van der Waals surface area contributed by atoms with Gasteiger partial charge in [-0.15, -0.1) is 0 Å². The molecule has 2 aromatic rings. The molecule has 1 aromatic carbocycles. The number of fused-ring (bicyclic) bond motifs is 1. The molecule has 2 aliphatic heterocycles. The molecule has 0 spiro atoms. The maximum absolute atomic E-state index is 6.03. The Morgan fingerprint density at radius 3 is 2.75 bits per heavy atom. The van der Waals surface area contributed by atoms with Crippen molar-refractivity contribution in [1.82, 2.24) is 14.8 Å². The molecule has 2 fully saturated rings. The van der Waals surface area contributed by atoms with Crippen molar-refractivity contribution in [3.8, 4) is 0 Å². The fourth-order valence-electron chi connectivity index (χ4n) is 4.69. The fraction of sp³-hybridized carbons (Fsp3) is 0.450. The predicted octanol–water partition coefficient (Wildman–Crippen LogP) is 2.71. The van der Waals surface area contributed by atoms with Crippen LogP contribution in [-0.2, 0) is 6.54 Å². The van der Waals surface area contributed by atoms with Crippen LogP contribution in [0, 0.1) is 18.8 Å². The number of anilines is 1. The van der Waals surface area contributed by atoms with E-state index in [0.29, 0.717) is 17.8 Å². The van der Waals surface area contributed by atoms with Crippen LogP contribution in [0.15, 0.2) is 42.6 Å². The summed E-state index contributed by atoms with van der Waals surface area (Å²) in [6.45, 7) is 6.63. The Bertz CT molecular complexity index is 729. The van der Waals surface area contributed by atoms with E-state index in [4.69, 9.17) is 5.73 Å². The molecule has 3 atom stereocenters. The molecule has 4 rings (SSSR count). The highest BCUT2D eigenvalue weighted by Crippen LogP contribution is 2.45. The molecule has 0 aliphatic carbocycles. The first-order valence-corrected chi connectivity index (χ1v) is 8.81. The van der Waals surface area contributed by atoms with Gasteiger partial charge in [0.1, 0.15) is 5.82 Å². The lowest BCUT2D eigenvalue weighted by Gasteiger charge is -2.28. The van der Waals surface area contributed by atoms with E-state index in [2.05, 4.69) is 59.1 Å². The van der Waals surface area contributed by atoms with Crippen LogP contribution in [0.3, 0.4) is 0 Å². The van der Waals surface area contributed by atoms with Crippen molar-refractivity contribution < 1.29 is 0 Å². The minimum atomic E-state index is 0.535. The molecule has 0 unspecified atom stereocenters. The van der Waals surface area contributed by atoms with Gasteiger partial charge in [-0.2, -0.15) is 0 Å². The van der Waals surface area contributed by atoms with E-state index in [-0.39, 0.29) is 0 Å². The Labute approximate surface area is 144 Å². The van der Waals surface area contributed by atoms with Crippen molar-refractivity contribution in [2.75, 3.05) is 32.4 Å². The number of nitrogen functional groups attached to an aromatic ring is 1. The minimum absolute atomic E-state index is 0.535. The maximum atomic E-state index is 6.03. The SMILES string of the molecule is Cc1ccccc1[C@@H]1[C@@H]2CN(Cc3cccnc3N)C[C@@H]2CN1C. The van der Waals surface area contributed by atoms with Crippen LogP contribution in [0.1, 0.15) is 22.7 Å². The molecule has 0 bridgehead atoms. The summed E-state index contributed by atoms with van der Waals surface area (Å²) in [7, 11) is 2.28. The second-order valence-corrected chi connectivity index (χ2v) is 7.41. The van der Waals surface area contributed by atoms with Crippen LogP contribution >= 0.6 is 0 Å². The molecule has 0 amide bonds. The summed E-state index contributed by atoms with van der Waals surface area (Å²) in [5.41, 5.74) is 10.1. The number of hydrogen-bond donors (Lipinski definition) is 1. The van der Waals surface area contributed by atoms with E-state index in [9.17, 15) is 0 Å². The van der Waals surface area contributed by atoms with Gasteiger partial charge in [-0.25, -0.2) is 4.98 Å². The normalized spacial score (nSPS) is 27.5. The third-order valence-electron chi connectivity index (χ3n) is 5.80. The largest absolute Gasteiger partial charge is 0.383 e. The molecule has 2 saturated heterocycles. The van der Waals surface area contributed by atoms with Crippen molar-refractivity contribution in [1.29, 1.82) is 0 Å². The molecular weight excluding hydrogens is 296 g/mol. The van der Waals surface area contributed by atoms with Crippen molar-refractivity contribution in [2.45, 2.75) is 19.5 Å². The zero-order valence-corrected chi connectivity index (χ0v) is 14.5. The lowest BCUT2D eigenvalue weighted by Crippen LogP contribution is -2.29. The smallest absolute Gasteiger partial charge is 0.127 e. The predicted molar refractivity (Wildman–Crippen MR) is 97.5 cm³/mol. The topological polar surface area (TPSA) is 45.4 Å². The summed E-state index contributed by atoms with van der Waals surface area (Å²) < 4.78 is 0. The van der Waals surface area contributed by atoms with E-state index in [1.807, 2.05) is 6.07 Å². The van der Waals surface area contributed by atoms with Crippen LogP contribution in [0.5, 0.6) is 0 Å². The zero-order chi connectivity index (χ0) is 16.7. The van der Waals surface area contributed by atoms with Gasteiger partial charge in [-0.05, 0) is 43.0 Å². The second kappa shape index (κ2) is 6.19. The minimum Gasteiger partial charge on any atom is -0.383 e. The number of nitrogens with two attached hydrogens (primary N) is 1. The zero-order valence-electron chi connectivity index (χ0n) is 14.5. The number of rotatable bonds is 3. The number of benzene rings is 1. The summed E-state index contributed by atoms with van der Waals surface area (Å²) in [5.74, 6) is 2.12. The highest BCUT2D eigenvalue weighted by molar-refractivity contribution is 5.38. The van der Waals surface area contributed by atoms with Gasteiger partial charge in [-0.1, -0.05) is 30.3 Å². The first kappa shape index (κ1) is 15.6. The Morgan fingerprint density at radius 2 is 1.96 bits per heavy atom. The highest BCUT2D eigenvalue weighted by Gasteiger charge is 2.46. The summed E-state index contributed by atoms with van der Waals surface area (Å²) in [6, 6.07) is 13.5. The molecule has 1 aromatic heterocycles. The number of pyridine rings is 1. The third-order valence-corrected chi connectivity index (χ3v) is 5.80. The first-order valence-electron chi connectivity index (χ1n) is 8.81. The second-order valence-electron chi connectivity index (χ2n) is 7.41. The molecular formula is C20H26N4. The monoisotopic (exact) mass is 322 g/mol. The molecule has 24 heavy (non-hydrogen) atoms. The van der Waals surface area contributed by atoms with Crippen LogP contribution in [0.4, 0.5) is 5.82 Å². The van der Waals surface area contributed by atoms with Crippen LogP contribution in [-0.4, -0.2) is 41.5 Å². The van der Waals surface area contributed by atoms with Gasteiger partial charge < -0.3 is 5.73 Å². The Hall–Kier alpha value is -1.91. The quantitative estimate of drug-likeness (QED) is 0.944. The average Bonchev–Trinajstić information content (AvgIpc) is 3.06.